The third-order valence-corrected chi connectivity index (χ3v) is 13.7. The lowest BCUT2D eigenvalue weighted by Crippen LogP contribution is -2.30. The van der Waals surface area contributed by atoms with Crippen molar-refractivity contribution in [2.45, 2.75) is 297 Å². The molecule has 0 rings (SSSR count). The van der Waals surface area contributed by atoms with Gasteiger partial charge in [0.05, 0.1) is 0 Å². The number of esters is 3. The summed E-state index contributed by atoms with van der Waals surface area (Å²) in [6.07, 6.45) is 93.1. The van der Waals surface area contributed by atoms with Crippen molar-refractivity contribution in [3.05, 3.63) is 134 Å². The highest BCUT2D eigenvalue weighted by atomic mass is 16.6. The molecule has 0 radical (unpaired) electrons. The van der Waals surface area contributed by atoms with Crippen LogP contribution in [0.3, 0.4) is 0 Å². The van der Waals surface area contributed by atoms with E-state index < -0.39 is 6.10 Å². The van der Waals surface area contributed by atoms with Crippen LogP contribution in [-0.4, -0.2) is 37.2 Å². The molecule has 0 aromatic rings. The summed E-state index contributed by atoms with van der Waals surface area (Å²) in [6.45, 7) is 6.40. The summed E-state index contributed by atoms with van der Waals surface area (Å²) in [7, 11) is 0. The number of ether oxygens (including phenoxy) is 3. The van der Waals surface area contributed by atoms with E-state index in [1.807, 2.05) is 0 Å². The van der Waals surface area contributed by atoms with Crippen molar-refractivity contribution < 1.29 is 28.6 Å². The van der Waals surface area contributed by atoms with E-state index in [-0.39, 0.29) is 31.1 Å². The fourth-order valence-electron chi connectivity index (χ4n) is 8.83. The highest BCUT2D eigenvalue weighted by molar-refractivity contribution is 5.71. The summed E-state index contributed by atoms with van der Waals surface area (Å²) >= 11 is 0. The first-order valence-corrected chi connectivity index (χ1v) is 32.7. The van der Waals surface area contributed by atoms with Crippen LogP contribution in [0, 0.1) is 0 Å². The monoisotopic (exact) mass is 1090 g/mol. The lowest BCUT2D eigenvalue weighted by atomic mass is 10.0. The van der Waals surface area contributed by atoms with Gasteiger partial charge in [-0.1, -0.05) is 289 Å². The lowest BCUT2D eigenvalue weighted by Gasteiger charge is -2.18. The number of allylic oxidation sites excluding steroid dienone is 22. The number of hydrogen-bond acceptors (Lipinski definition) is 6. The predicted octanol–water partition coefficient (Wildman–Crippen LogP) is 22.5. The first-order chi connectivity index (χ1) is 39.0. The second kappa shape index (κ2) is 66.1. The van der Waals surface area contributed by atoms with Gasteiger partial charge < -0.3 is 14.2 Å². The van der Waals surface area contributed by atoms with E-state index >= 15 is 0 Å². The van der Waals surface area contributed by atoms with Crippen molar-refractivity contribution in [3.63, 3.8) is 0 Å². The third kappa shape index (κ3) is 64.3. The van der Waals surface area contributed by atoms with E-state index in [0.717, 1.165) is 141 Å². The minimum Gasteiger partial charge on any atom is -0.462 e. The first-order valence-electron chi connectivity index (χ1n) is 32.7. The minimum absolute atomic E-state index is 0.0935. The summed E-state index contributed by atoms with van der Waals surface area (Å²) in [6, 6.07) is 0. The molecule has 6 heteroatoms. The van der Waals surface area contributed by atoms with E-state index in [2.05, 4.69) is 154 Å². The Morgan fingerprint density at radius 1 is 0.266 bits per heavy atom. The highest BCUT2D eigenvalue weighted by Crippen LogP contribution is 2.16. The van der Waals surface area contributed by atoms with Gasteiger partial charge in [0, 0.05) is 19.3 Å². The van der Waals surface area contributed by atoms with Crippen LogP contribution in [0.25, 0.3) is 0 Å². The summed E-state index contributed by atoms with van der Waals surface area (Å²) in [5.41, 5.74) is 0. The zero-order valence-corrected chi connectivity index (χ0v) is 51.3. The van der Waals surface area contributed by atoms with Gasteiger partial charge in [0.1, 0.15) is 13.2 Å². The molecular weight excluding hydrogens is 973 g/mol. The molecule has 0 aromatic carbocycles. The Balaban J connectivity index is 4.46. The van der Waals surface area contributed by atoms with Gasteiger partial charge in [0.15, 0.2) is 6.10 Å². The van der Waals surface area contributed by atoms with Crippen LogP contribution < -0.4 is 0 Å². The normalized spacial score (nSPS) is 13.0. The molecule has 0 amide bonds. The summed E-state index contributed by atoms with van der Waals surface area (Å²) in [5, 5.41) is 0. The van der Waals surface area contributed by atoms with Gasteiger partial charge in [-0.25, -0.2) is 0 Å². The molecule has 0 saturated carbocycles. The van der Waals surface area contributed by atoms with Crippen molar-refractivity contribution in [2.75, 3.05) is 13.2 Å². The van der Waals surface area contributed by atoms with E-state index in [4.69, 9.17) is 14.2 Å². The fourth-order valence-corrected chi connectivity index (χ4v) is 8.83. The van der Waals surface area contributed by atoms with Crippen LogP contribution in [0.15, 0.2) is 134 Å². The smallest absolute Gasteiger partial charge is 0.306 e. The average molecular weight is 1090 g/mol. The Morgan fingerprint density at radius 2 is 0.494 bits per heavy atom. The second-order valence-electron chi connectivity index (χ2n) is 21.3. The molecule has 0 aromatic heterocycles. The van der Waals surface area contributed by atoms with E-state index in [9.17, 15) is 14.4 Å². The van der Waals surface area contributed by atoms with Gasteiger partial charge in [-0.05, 0) is 116 Å². The molecule has 0 saturated heterocycles. The molecule has 0 bridgehead atoms. The molecular formula is C73H120O6. The maximum absolute atomic E-state index is 12.9. The molecule has 1 atom stereocenters. The van der Waals surface area contributed by atoms with Gasteiger partial charge in [0.25, 0.3) is 0 Å². The molecule has 0 fully saturated rings. The Kier molecular flexibility index (Phi) is 62.3. The highest BCUT2D eigenvalue weighted by Gasteiger charge is 2.19. The minimum atomic E-state index is -0.801. The number of unbranched alkanes of at least 4 members (excludes halogenated alkanes) is 25. The largest absolute Gasteiger partial charge is 0.462 e. The number of carbonyl (C=O) groups is 3. The Labute approximate surface area is 487 Å². The van der Waals surface area contributed by atoms with E-state index in [1.165, 1.54) is 109 Å². The van der Waals surface area contributed by atoms with Crippen molar-refractivity contribution in [2.24, 2.45) is 0 Å². The molecule has 0 aliphatic heterocycles. The van der Waals surface area contributed by atoms with Crippen LogP contribution in [0.2, 0.25) is 0 Å². The standard InChI is InChI=1S/C73H120O6/c1-4-7-10-13-16-19-22-25-28-30-32-34-35-36-37-39-40-42-45-48-51-54-57-60-63-66-72(75)78-69-70(68-77-71(74)65-62-59-56-53-50-47-44-27-24-21-18-15-12-9-6-3)79-73(76)67-64-61-58-55-52-49-46-43-41-38-33-31-29-26-23-20-17-14-11-8-5-2/h7-8,10-11,16-17,19-20,25-26,28-29,32-34,36-38,40,42,48,51,70H,4-6,9,12-15,18,21-24,27,30-31,35,39,41,43-47,49-50,52-69H2,1-3H3/b10-7-,11-8-,19-16-,20-17-,28-25-,29-26-,34-32-,37-36-,38-33-,42-40-,51-48-. The van der Waals surface area contributed by atoms with Crippen molar-refractivity contribution in [1.29, 1.82) is 0 Å². The van der Waals surface area contributed by atoms with Crippen LogP contribution in [-0.2, 0) is 28.6 Å². The zero-order valence-electron chi connectivity index (χ0n) is 51.3. The second-order valence-corrected chi connectivity index (χ2v) is 21.3. The maximum Gasteiger partial charge on any atom is 0.306 e. The number of hydrogen-bond donors (Lipinski definition) is 0. The Bertz CT molecular complexity index is 1680. The van der Waals surface area contributed by atoms with Gasteiger partial charge >= 0.3 is 17.9 Å². The van der Waals surface area contributed by atoms with Crippen molar-refractivity contribution in [3.8, 4) is 0 Å². The molecule has 448 valence electrons. The van der Waals surface area contributed by atoms with Crippen LogP contribution in [0.4, 0.5) is 0 Å². The van der Waals surface area contributed by atoms with Gasteiger partial charge in [-0.3, -0.25) is 14.4 Å². The van der Waals surface area contributed by atoms with Gasteiger partial charge in [-0.2, -0.15) is 0 Å². The summed E-state index contributed by atoms with van der Waals surface area (Å²) in [5.74, 6) is -0.930. The topological polar surface area (TPSA) is 78.9 Å². The number of rotatable bonds is 58. The maximum atomic E-state index is 12.9. The van der Waals surface area contributed by atoms with Crippen LogP contribution >= 0.6 is 0 Å². The van der Waals surface area contributed by atoms with E-state index in [0.29, 0.717) is 19.3 Å². The predicted molar refractivity (Wildman–Crippen MR) is 343 cm³/mol. The zero-order chi connectivity index (χ0) is 57.1. The Morgan fingerprint density at radius 3 is 0.785 bits per heavy atom. The fraction of sp³-hybridized carbons (Fsp3) is 0.658. The molecule has 0 N–H and O–H groups in total. The van der Waals surface area contributed by atoms with Crippen molar-refractivity contribution in [1.82, 2.24) is 0 Å². The van der Waals surface area contributed by atoms with E-state index in [1.54, 1.807) is 0 Å². The molecule has 0 spiro atoms. The van der Waals surface area contributed by atoms with Crippen LogP contribution in [0.5, 0.6) is 0 Å². The lowest BCUT2D eigenvalue weighted by molar-refractivity contribution is -0.167. The van der Waals surface area contributed by atoms with Gasteiger partial charge in [0.2, 0.25) is 0 Å². The van der Waals surface area contributed by atoms with Crippen molar-refractivity contribution >= 4 is 17.9 Å². The third-order valence-electron chi connectivity index (χ3n) is 13.7. The average Bonchev–Trinajstić information content (AvgIpc) is 3.45. The molecule has 6 nitrogen and oxygen atoms in total. The molecule has 1 unspecified atom stereocenters. The van der Waals surface area contributed by atoms with Crippen LogP contribution in [0.1, 0.15) is 290 Å². The summed E-state index contributed by atoms with van der Waals surface area (Å²) < 4.78 is 16.9. The SMILES string of the molecule is CC/C=C\C/C=C\C/C=C\C/C=C\C/C=C\C/C=C\C/C=C\CCCCCC(=O)OCC(COC(=O)CCCCCCCCCCCCCCCCC)OC(=O)CCCCCCCCCC/C=C\C/C=C\C/C=C\C/C=C\CC. The quantitative estimate of drug-likeness (QED) is 0.0261. The first kappa shape index (κ1) is 74.5. The molecule has 0 aliphatic carbocycles. The molecule has 79 heavy (non-hydrogen) atoms. The Hall–Kier alpha value is -4.45. The van der Waals surface area contributed by atoms with Gasteiger partial charge in [-0.15, -0.1) is 0 Å². The number of carbonyl (C=O) groups excluding carboxylic acids is 3. The molecule has 0 aliphatic rings. The summed E-state index contributed by atoms with van der Waals surface area (Å²) in [4.78, 5) is 38.4. The molecule has 0 heterocycles.